The molecule has 0 amide bonds. The number of rotatable bonds is 3. The fourth-order valence-electron chi connectivity index (χ4n) is 1.98. The van der Waals surface area contributed by atoms with E-state index >= 15 is 0 Å². The minimum Gasteiger partial charge on any atom is -0.388 e. The first-order valence-electron chi connectivity index (χ1n) is 5.75. The lowest BCUT2D eigenvalue weighted by Crippen LogP contribution is -2.04. The Morgan fingerprint density at radius 2 is 1.83 bits per heavy atom. The Balaban J connectivity index is 2.22. The van der Waals surface area contributed by atoms with Gasteiger partial charge in [0.1, 0.15) is 0 Å². The maximum Gasteiger partial charge on any atom is 0.0833 e. The quantitative estimate of drug-likeness (QED) is 0.824. The Bertz CT molecular complexity index is 552. The summed E-state index contributed by atoms with van der Waals surface area (Å²) in [6, 6.07) is 14.0. The van der Waals surface area contributed by atoms with Crippen molar-refractivity contribution in [1.82, 2.24) is 0 Å². The molecule has 1 unspecified atom stereocenters. The van der Waals surface area contributed by atoms with Crippen LogP contribution in [0.5, 0.6) is 0 Å². The smallest absolute Gasteiger partial charge is 0.0833 e. The van der Waals surface area contributed by atoms with Crippen molar-refractivity contribution in [1.29, 1.82) is 0 Å². The number of aliphatic hydroxyl groups excluding tert-OH is 1. The van der Waals surface area contributed by atoms with Crippen LogP contribution in [0.2, 0.25) is 0 Å². The summed E-state index contributed by atoms with van der Waals surface area (Å²) in [7, 11) is 0. The zero-order valence-electron chi connectivity index (χ0n) is 10.0. The van der Waals surface area contributed by atoms with E-state index in [1.54, 1.807) is 0 Å². The first kappa shape index (κ1) is 13.8. The molecule has 94 valence electrons. The van der Waals surface area contributed by atoms with Gasteiger partial charge in [-0.3, -0.25) is 0 Å². The van der Waals surface area contributed by atoms with Gasteiger partial charge in [0.25, 0.3) is 0 Å². The molecule has 1 N–H and O–H groups in total. The van der Waals surface area contributed by atoms with Crippen LogP contribution in [-0.2, 0) is 6.42 Å². The average Bonchev–Trinajstić information content (AvgIpc) is 2.32. The number of aliphatic hydroxyl groups is 1. The van der Waals surface area contributed by atoms with Crippen LogP contribution < -0.4 is 0 Å². The van der Waals surface area contributed by atoms with Gasteiger partial charge in [0.05, 0.1) is 6.10 Å². The third-order valence-corrected chi connectivity index (χ3v) is 4.34. The van der Waals surface area contributed by atoms with Crippen molar-refractivity contribution < 1.29 is 5.11 Å². The molecule has 3 heteroatoms. The standard InChI is InChI=1S/C15H14Br2O/c1-10-13(6-3-7-14(10)17)15(18)9-11-4-2-5-12(16)8-11/h2-8,15,18H,9H2,1H3. The molecular weight excluding hydrogens is 356 g/mol. The number of hydrogen-bond acceptors (Lipinski definition) is 1. The van der Waals surface area contributed by atoms with E-state index in [4.69, 9.17) is 0 Å². The van der Waals surface area contributed by atoms with Gasteiger partial charge in [0.15, 0.2) is 0 Å². The Morgan fingerprint density at radius 1 is 1.11 bits per heavy atom. The van der Waals surface area contributed by atoms with Crippen LogP contribution in [0, 0.1) is 6.92 Å². The van der Waals surface area contributed by atoms with E-state index in [0.29, 0.717) is 6.42 Å². The van der Waals surface area contributed by atoms with Gasteiger partial charge in [-0.1, -0.05) is 56.1 Å². The molecule has 2 aromatic rings. The van der Waals surface area contributed by atoms with Gasteiger partial charge in [-0.15, -0.1) is 0 Å². The van der Waals surface area contributed by atoms with Gasteiger partial charge in [-0.05, 0) is 41.8 Å². The van der Waals surface area contributed by atoms with Crippen molar-refractivity contribution in [3.63, 3.8) is 0 Å². The second-order valence-corrected chi connectivity index (χ2v) is 6.07. The van der Waals surface area contributed by atoms with Gasteiger partial charge in [-0.25, -0.2) is 0 Å². The number of hydrogen-bond donors (Lipinski definition) is 1. The molecule has 0 aromatic heterocycles. The molecular formula is C15H14Br2O. The minimum atomic E-state index is -0.475. The van der Waals surface area contributed by atoms with Crippen molar-refractivity contribution in [3.05, 3.63) is 68.1 Å². The van der Waals surface area contributed by atoms with Gasteiger partial charge in [0.2, 0.25) is 0 Å². The number of benzene rings is 2. The molecule has 0 aliphatic rings. The van der Waals surface area contributed by atoms with Crippen molar-refractivity contribution in [2.45, 2.75) is 19.4 Å². The predicted molar refractivity (Wildman–Crippen MR) is 81.7 cm³/mol. The third-order valence-electron chi connectivity index (χ3n) is 2.99. The summed E-state index contributed by atoms with van der Waals surface area (Å²) >= 11 is 6.94. The average molecular weight is 370 g/mol. The van der Waals surface area contributed by atoms with Crippen LogP contribution in [0.4, 0.5) is 0 Å². The normalized spacial score (nSPS) is 12.4. The van der Waals surface area contributed by atoms with E-state index in [9.17, 15) is 5.11 Å². The van der Waals surface area contributed by atoms with Crippen LogP contribution in [0.15, 0.2) is 51.4 Å². The van der Waals surface area contributed by atoms with Crippen LogP contribution in [0.25, 0.3) is 0 Å². The van der Waals surface area contributed by atoms with Crippen LogP contribution >= 0.6 is 31.9 Å². The summed E-state index contributed by atoms with van der Waals surface area (Å²) < 4.78 is 2.08. The van der Waals surface area contributed by atoms with E-state index in [1.807, 2.05) is 49.4 Å². The topological polar surface area (TPSA) is 20.2 Å². The highest BCUT2D eigenvalue weighted by Crippen LogP contribution is 2.27. The van der Waals surface area contributed by atoms with Crippen molar-refractivity contribution in [2.75, 3.05) is 0 Å². The van der Waals surface area contributed by atoms with Crippen molar-refractivity contribution in [2.24, 2.45) is 0 Å². The van der Waals surface area contributed by atoms with Crippen LogP contribution in [-0.4, -0.2) is 5.11 Å². The molecule has 0 heterocycles. The van der Waals surface area contributed by atoms with Crippen LogP contribution in [0.1, 0.15) is 22.8 Å². The van der Waals surface area contributed by atoms with Crippen molar-refractivity contribution >= 4 is 31.9 Å². The van der Waals surface area contributed by atoms with Gasteiger partial charge >= 0.3 is 0 Å². The van der Waals surface area contributed by atoms with Gasteiger partial charge in [0, 0.05) is 15.4 Å². The Labute approximate surface area is 124 Å². The lowest BCUT2D eigenvalue weighted by Gasteiger charge is -2.15. The molecule has 0 radical (unpaired) electrons. The summed E-state index contributed by atoms with van der Waals surface area (Å²) in [5.41, 5.74) is 3.19. The number of halogens is 2. The minimum absolute atomic E-state index is 0.475. The molecule has 0 spiro atoms. The van der Waals surface area contributed by atoms with Crippen LogP contribution in [0.3, 0.4) is 0 Å². The summed E-state index contributed by atoms with van der Waals surface area (Å²) in [4.78, 5) is 0. The first-order valence-corrected chi connectivity index (χ1v) is 7.34. The zero-order valence-corrected chi connectivity index (χ0v) is 13.2. The lowest BCUT2D eigenvalue weighted by molar-refractivity contribution is 0.177. The molecule has 0 bridgehead atoms. The molecule has 0 aliphatic carbocycles. The molecule has 0 saturated carbocycles. The van der Waals surface area contributed by atoms with E-state index in [-0.39, 0.29) is 0 Å². The largest absolute Gasteiger partial charge is 0.388 e. The summed E-state index contributed by atoms with van der Waals surface area (Å²) in [5.74, 6) is 0. The summed E-state index contributed by atoms with van der Waals surface area (Å²) in [5, 5.41) is 10.3. The molecule has 2 aromatic carbocycles. The molecule has 1 nitrogen and oxygen atoms in total. The molecule has 0 aliphatic heterocycles. The summed E-state index contributed by atoms with van der Waals surface area (Å²) in [6.45, 7) is 2.02. The van der Waals surface area contributed by atoms with E-state index in [1.165, 1.54) is 0 Å². The highest BCUT2D eigenvalue weighted by Gasteiger charge is 2.12. The Morgan fingerprint density at radius 3 is 2.56 bits per heavy atom. The molecule has 0 fully saturated rings. The SMILES string of the molecule is Cc1c(Br)cccc1C(O)Cc1cccc(Br)c1. The van der Waals surface area contributed by atoms with Gasteiger partial charge in [-0.2, -0.15) is 0 Å². The monoisotopic (exact) mass is 368 g/mol. The third kappa shape index (κ3) is 3.22. The predicted octanol–water partition coefficient (Wildman–Crippen LogP) is 4.80. The van der Waals surface area contributed by atoms with E-state index in [2.05, 4.69) is 31.9 Å². The van der Waals surface area contributed by atoms with E-state index in [0.717, 1.165) is 25.6 Å². The van der Waals surface area contributed by atoms with Gasteiger partial charge < -0.3 is 5.11 Å². The second-order valence-electron chi connectivity index (χ2n) is 4.30. The fraction of sp³-hybridized carbons (Fsp3) is 0.200. The highest BCUT2D eigenvalue weighted by molar-refractivity contribution is 9.10. The summed E-state index contributed by atoms with van der Waals surface area (Å²) in [6.07, 6.45) is 0.147. The highest BCUT2D eigenvalue weighted by atomic mass is 79.9. The fourth-order valence-corrected chi connectivity index (χ4v) is 2.81. The Kier molecular flexibility index (Phi) is 4.60. The van der Waals surface area contributed by atoms with E-state index < -0.39 is 6.10 Å². The first-order chi connectivity index (χ1) is 8.58. The maximum absolute atomic E-state index is 10.3. The second kappa shape index (κ2) is 6.00. The zero-order chi connectivity index (χ0) is 13.1. The maximum atomic E-state index is 10.3. The lowest BCUT2D eigenvalue weighted by atomic mass is 9.98. The molecule has 1 atom stereocenters. The van der Waals surface area contributed by atoms with Crippen molar-refractivity contribution in [3.8, 4) is 0 Å². The Hall–Kier alpha value is -0.640. The molecule has 18 heavy (non-hydrogen) atoms. The molecule has 0 saturated heterocycles. The molecule has 2 rings (SSSR count).